The first-order valence-electron chi connectivity index (χ1n) is 6.50. The molecule has 0 saturated carbocycles. The number of benzene rings is 1. The van der Waals surface area contributed by atoms with Crippen LogP contribution in [0.2, 0.25) is 0 Å². The van der Waals surface area contributed by atoms with E-state index in [0.29, 0.717) is 19.4 Å². The Balaban J connectivity index is 2.70. The van der Waals surface area contributed by atoms with Gasteiger partial charge in [0.15, 0.2) is 0 Å². The van der Waals surface area contributed by atoms with Crippen LogP contribution < -0.4 is 4.74 Å². The van der Waals surface area contributed by atoms with Gasteiger partial charge in [-0.15, -0.1) is 0 Å². The molecule has 1 aromatic rings. The van der Waals surface area contributed by atoms with Crippen molar-refractivity contribution in [1.29, 1.82) is 5.26 Å². The Morgan fingerprint density at radius 1 is 1.55 bits per heavy atom. The number of hydrogen-bond donors (Lipinski definition) is 0. The Morgan fingerprint density at radius 2 is 2.25 bits per heavy atom. The number of nitrogens with zero attached hydrogens (tertiary/aromatic N) is 2. The van der Waals surface area contributed by atoms with Gasteiger partial charge in [0.2, 0.25) is 5.91 Å². The van der Waals surface area contributed by atoms with Crippen LogP contribution in [0.1, 0.15) is 18.9 Å². The molecule has 0 N–H and O–H groups in total. The predicted molar refractivity (Wildman–Crippen MR) is 81.4 cm³/mol. The number of carbonyl (C=O) groups excluding carboxylic acids is 1. The maximum atomic E-state index is 12.0. The van der Waals surface area contributed by atoms with E-state index in [2.05, 4.69) is 15.9 Å². The molecule has 0 aliphatic carbocycles. The van der Waals surface area contributed by atoms with Crippen LogP contribution in [0.15, 0.2) is 22.7 Å². The summed E-state index contributed by atoms with van der Waals surface area (Å²) >= 11 is 3.43. The number of methoxy groups -OCH3 is 1. The summed E-state index contributed by atoms with van der Waals surface area (Å²) in [5, 5.41) is 8.93. The SMILES string of the molecule is CCC(C#N)C(=O)N(C)CCc1cc(Br)ccc1OC. The molecule has 1 rings (SSSR count). The van der Waals surface area contributed by atoms with Crippen LogP contribution in [0.3, 0.4) is 0 Å². The van der Waals surface area contributed by atoms with Crippen LogP contribution in [-0.2, 0) is 11.2 Å². The summed E-state index contributed by atoms with van der Waals surface area (Å²) in [6.07, 6.45) is 1.23. The first-order chi connectivity index (χ1) is 9.53. The number of nitriles is 1. The van der Waals surface area contributed by atoms with E-state index >= 15 is 0 Å². The van der Waals surface area contributed by atoms with Crippen LogP contribution in [0, 0.1) is 17.2 Å². The summed E-state index contributed by atoms with van der Waals surface area (Å²) in [4.78, 5) is 13.6. The molecule has 1 aromatic carbocycles. The van der Waals surface area contributed by atoms with E-state index in [1.165, 1.54) is 0 Å². The Labute approximate surface area is 128 Å². The van der Waals surface area contributed by atoms with Gasteiger partial charge in [-0.3, -0.25) is 4.79 Å². The summed E-state index contributed by atoms with van der Waals surface area (Å²) in [5.41, 5.74) is 1.03. The van der Waals surface area contributed by atoms with Crippen molar-refractivity contribution in [2.75, 3.05) is 20.7 Å². The molecule has 0 bridgehead atoms. The lowest BCUT2D eigenvalue weighted by Crippen LogP contribution is -2.33. The first kappa shape index (κ1) is 16.5. The molecule has 0 saturated heterocycles. The second kappa shape index (κ2) is 7.91. The summed E-state index contributed by atoms with van der Waals surface area (Å²) in [6.45, 7) is 2.40. The highest BCUT2D eigenvalue weighted by Crippen LogP contribution is 2.23. The van der Waals surface area contributed by atoms with Gasteiger partial charge in [0, 0.05) is 18.1 Å². The second-order valence-electron chi connectivity index (χ2n) is 4.56. The van der Waals surface area contributed by atoms with Crippen molar-refractivity contribution in [1.82, 2.24) is 4.90 Å². The van der Waals surface area contributed by atoms with Gasteiger partial charge in [0.05, 0.1) is 13.2 Å². The third-order valence-corrected chi connectivity index (χ3v) is 3.69. The molecule has 1 amide bonds. The van der Waals surface area contributed by atoms with E-state index in [0.717, 1.165) is 15.8 Å². The minimum Gasteiger partial charge on any atom is -0.496 e. The molecule has 1 atom stereocenters. The van der Waals surface area contributed by atoms with Gasteiger partial charge in [0.1, 0.15) is 11.7 Å². The Morgan fingerprint density at radius 3 is 2.80 bits per heavy atom. The van der Waals surface area contributed by atoms with Gasteiger partial charge in [-0.2, -0.15) is 5.26 Å². The van der Waals surface area contributed by atoms with Crippen LogP contribution in [0.25, 0.3) is 0 Å². The van der Waals surface area contributed by atoms with E-state index in [1.807, 2.05) is 31.2 Å². The van der Waals surface area contributed by atoms with E-state index in [9.17, 15) is 4.79 Å². The van der Waals surface area contributed by atoms with E-state index in [1.54, 1.807) is 19.1 Å². The van der Waals surface area contributed by atoms with Gasteiger partial charge < -0.3 is 9.64 Å². The molecule has 5 heteroatoms. The minimum absolute atomic E-state index is 0.121. The second-order valence-corrected chi connectivity index (χ2v) is 5.47. The molecule has 20 heavy (non-hydrogen) atoms. The zero-order chi connectivity index (χ0) is 15.1. The fraction of sp³-hybridized carbons (Fsp3) is 0.467. The molecule has 0 aliphatic heterocycles. The number of carbonyl (C=O) groups is 1. The summed E-state index contributed by atoms with van der Waals surface area (Å²) < 4.78 is 6.28. The lowest BCUT2D eigenvalue weighted by molar-refractivity contribution is -0.132. The third-order valence-electron chi connectivity index (χ3n) is 3.20. The Bertz CT molecular complexity index is 511. The van der Waals surface area contributed by atoms with Crippen LogP contribution in [-0.4, -0.2) is 31.5 Å². The van der Waals surface area contributed by atoms with Crippen molar-refractivity contribution in [2.24, 2.45) is 5.92 Å². The summed E-state index contributed by atoms with van der Waals surface area (Å²) in [6, 6.07) is 7.83. The maximum Gasteiger partial charge on any atom is 0.239 e. The quantitative estimate of drug-likeness (QED) is 0.801. The zero-order valence-corrected chi connectivity index (χ0v) is 13.6. The van der Waals surface area contributed by atoms with Crippen molar-refractivity contribution < 1.29 is 9.53 Å². The first-order valence-corrected chi connectivity index (χ1v) is 7.29. The van der Waals surface area contributed by atoms with E-state index in [4.69, 9.17) is 10.00 Å². The number of rotatable bonds is 6. The van der Waals surface area contributed by atoms with Crippen LogP contribution in [0.5, 0.6) is 5.75 Å². The lowest BCUT2D eigenvalue weighted by Gasteiger charge is -2.20. The van der Waals surface area contributed by atoms with Gasteiger partial charge in [-0.25, -0.2) is 0 Å². The van der Waals surface area contributed by atoms with Gasteiger partial charge in [0.25, 0.3) is 0 Å². The fourth-order valence-corrected chi connectivity index (χ4v) is 2.34. The van der Waals surface area contributed by atoms with Crippen LogP contribution >= 0.6 is 15.9 Å². The number of ether oxygens (including phenoxy) is 1. The molecular formula is C15H19BrN2O2. The average Bonchev–Trinajstić information content (AvgIpc) is 2.46. The molecule has 108 valence electrons. The molecule has 1 unspecified atom stereocenters. The van der Waals surface area contributed by atoms with Crippen molar-refractivity contribution in [3.8, 4) is 11.8 Å². The lowest BCUT2D eigenvalue weighted by atomic mass is 10.1. The molecule has 0 heterocycles. The maximum absolute atomic E-state index is 12.0. The topological polar surface area (TPSA) is 53.3 Å². The predicted octanol–water partition coefficient (Wildman–Crippen LogP) is 3.01. The van der Waals surface area contributed by atoms with Crippen LogP contribution in [0.4, 0.5) is 0 Å². The Hall–Kier alpha value is -1.54. The molecule has 0 spiro atoms. The average molecular weight is 339 g/mol. The van der Waals surface area contributed by atoms with E-state index in [-0.39, 0.29) is 5.91 Å². The fourth-order valence-electron chi connectivity index (χ4n) is 1.93. The number of amides is 1. The number of halogens is 1. The molecule has 4 nitrogen and oxygen atoms in total. The highest BCUT2D eigenvalue weighted by Gasteiger charge is 2.19. The summed E-state index contributed by atoms with van der Waals surface area (Å²) in [5.74, 6) is 0.134. The van der Waals surface area contributed by atoms with Crippen molar-refractivity contribution in [2.45, 2.75) is 19.8 Å². The van der Waals surface area contributed by atoms with Crippen molar-refractivity contribution >= 4 is 21.8 Å². The van der Waals surface area contributed by atoms with E-state index < -0.39 is 5.92 Å². The highest BCUT2D eigenvalue weighted by atomic mass is 79.9. The Kier molecular flexibility index (Phi) is 6.53. The smallest absolute Gasteiger partial charge is 0.239 e. The normalized spacial score (nSPS) is 11.6. The monoisotopic (exact) mass is 338 g/mol. The van der Waals surface area contributed by atoms with Gasteiger partial charge in [-0.05, 0) is 36.6 Å². The summed E-state index contributed by atoms with van der Waals surface area (Å²) in [7, 11) is 3.36. The molecule has 0 aromatic heterocycles. The van der Waals surface area contributed by atoms with Crippen molar-refractivity contribution in [3.63, 3.8) is 0 Å². The van der Waals surface area contributed by atoms with Gasteiger partial charge >= 0.3 is 0 Å². The van der Waals surface area contributed by atoms with Gasteiger partial charge in [-0.1, -0.05) is 22.9 Å². The number of hydrogen-bond acceptors (Lipinski definition) is 3. The van der Waals surface area contributed by atoms with Crippen molar-refractivity contribution in [3.05, 3.63) is 28.2 Å². The largest absolute Gasteiger partial charge is 0.496 e. The zero-order valence-electron chi connectivity index (χ0n) is 12.0. The molecule has 0 aliphatic rings. The minimum atomic E-state index is -0.551. The molecule has 0 radical (unpaired) electrons. The highest BCUT2D eigenvalue weighted by molar-refractivity contribution is 9.10. The number of likely N-dealkylation sites (N-methyl/N-ethyl adjacent to an activating group) is 1. The molecule has 0 fully saturated rings. The standard InChI is InChI=1S/C15H19BrN2O2/c1-4-11(10-17)15(19)18(2)8-7-12-9-13(16)5-6-14(12)20-3/h5-6,9,11H,4,7-8H2,1-3H3. The third kappa shape index (κ3) is 4.24. The molecular weight excluding hydrogens is 320 g/mol.